The van der Waals surface area contributed by atoms with Gasteiger partial charge < -0.3 is 14.7 Å². The highest BCUT2D eigenvalue weighted by Gasteiger charge is 2.14. The third-order valence-corrected chi connectivity index (χ3v) is 2.50. The number of nitrogens with zero attached hydrogens (tertiary/aromatic N) is 3. The van der Waals surface area contributed by atoms with Crippen LogP contribution in [0.5, 0.6) is 5.88 Å². The van der Waals surface area contributed by atoms with Crippen molar-refractivity contribution in [1.82, 2.24) is 9.97 Å². The van der Waals surface area contributed by atoms with Crippen LogP contribution in [0.25, 0.3) is 0 Å². The summed E-state index contributed by atoms with van der Waals surface area (Å²) in [5, 5.41) is 8.65. The molecule has 1 rings (SSSR count). The number of aromatic nitrogens is 2. The third kappa shape index (κ3) is 4.20. The van der Waals surface area contributed by atoms with E-state index in [-0.39, 0.29) is 12.5 Å². The number of carbonyl (C=O) groups is 1. The largest absolute Gasteiger partial charge is 0.481 e. The Morgan fingerprint density at radius 3 is 2.83 bits per heavy atom. The molecule has 1 aromatic rings. The summed E-state index contributed by atoms with van der Waals surface area (Å²) in [6, 6.07) is 1.88. The Hall–Kier alpha value is -1.85. The van der Waals surface area contributed by atoms with Gasteiger partial charge in [0.25, 0.3) is 0 Å². The van der Waals surface area contributed by atoms with E-state index < -0.39 is 5.97 Å². The van der Waals surface area contributed by atoms with Crippen LogP contribution in [0.1, 0.15) is 26.7 Å². The first-order valence-corrected chi connectivity index (χ1v) is 5.90. The van der Waals surface area contributed by atoms with Crippen molar-refractivity contribution in [1.29, 1.82) is 0 Å². The van der Waals surface area contributed by atoms with Gasteiger partial charge in [-0.25, -0.2) is 4.98 Å². The fraction of sp³-hybridized carbons (Fsp3) is 0.583. The first-order chi connectivity index (χ1) is 8.54. The minimum Gasteiger partial charge on any atom is -0.481 e. The molecule has 0 saturated heterocycles. The van der Waals surface area contributed by atoms with E-state index in [4.69, 9.17) is 9.84 Å². The van der Waals surface area contributed by atoms with Gasteiger partial charge in [0.2, 0.25) is 11.8 Å². The standard InChI is InChI=1S/C12H19N3O3/c1-9(2)15(8-4-5-11(16)17)12-13-7-6-10(14-12)18-3/h6-7,9H,4-5,8H2,1-3H3,(H,16,17). The van der Waals surface area contributed by atoms with Crippen molar-refractivity contribution in [3.8, 4) is 5.88 Å². The fourth-order valence-electron chi connectivity index (χ4n) is 1.57. The van der Waals surface area contributed by atoms with E-state index >= 15 is 0 Å². The van der Waals surface area contributed by atoms with Crippen LogP contribution in [0.15, 0.2) is 12.3 Å². The summed E-state index contributed by atoms with van der Waals surface area (Å²) in [4.78, 5) is 20.9. The Kier molecular flexibility index (Phi) is 5.35. The predicted molar refractivity (Wildman–Crippen MR) is 67.9 cm³/mol. The number of hydrogen-bond donors (Lipinski definition) is 1. The zero-order chi connectivity index (χ0) is 13.5. The Bertz CT molecular complexity index is 396. The molecule has 0 aromatic carbocycles. The van der Waals surface area contributed by atoms with E-state index in [0.29, 0.717) is 24.8 Å². The highest BCUT2D eigenvalue weighted by molar-refractivity contribution is 5.66. The molecule has 0 aliphatic rings. The van der Waals surface area contributed by atoms with E-state index in [1.165, 1.54) is 0 Å². The molecule has 0 amide bonds. The third-order valence-electron chi connectivity index (χ3n) is 2.50. The van der Waals surface area contributed by atoms with Gasteiger partial charge in [0, 0.05) is 31.3 Å². The quantitative estimate of drug-likeness (QED) is 0.794. The maximum absolute atomic E-state index is 10.5. The van der Waals surface area contributed by atoms with Crippen molar-refractivity contribution in [3.63, 3.8) is 0 Å². The van der Waals surface area contributed by atoms with Crippen molar-refractivity contribution in [2.75, 3.05) is 18.6 Å². The molecule has 18 heavy (non-hydrogen) atoms. The van der Waals surface area contributed by atoms with Crippen LogP contribution in [0.3, 0.4) is 0 Å². The van der Waals surface area contributed by atoms with Gasteiger partial charge in [-0.1, -0.05) is 0 Å². The molecule has 0 atom stereocenters. The summed E-state index contributed by atoms with van der Waals surface area (Å²) in [6.45, 7) is 4.64. The average molecular weight is 253 g/mol. The number of methoxy groups -OCH3 is 1. The number of ether oxygens (including phenoxy) is 1. The van der Waals surface area contributed by atoms with Gasteiger partial charge in [-0.05, 0) is 20.3 Å². The molecule has 6 heteroatoms. The molecule has 0 aliphatic carbocycles. The van der Waals surface area contributed by atoms with Crippen LogP contribution >= 0.6 is 0 Å². The lowest BCUT2D eigenvalue weighted by atomic mass is 10.2. The number of carboxylic acid groups (broad SMARTS) is 1. The van der Waals surface area contributed by atoms with E-state index in [9.17, 15) is 4.79 Å². The summed E-state index contributed by atoms with van der Waals surface area (Å²) < 4.78 is 5.06. The Morgan fingerprint density at radius 1 is 1.56 bits per heavy atom. The molecule has 1 N–H and O–H groups in total. The lowest BCUT2D eigenvalue weighted by molar-refractivity contribution is -0.137. The number of hydrogen-bond acceptors (Lipinski definition) is 5. The van der Waals surface area contributed by atoms with Crippen molar-refractivity contribution < 1.29 is 14.6 Å². The molecule has 100 valence electrons. The van der Waals surface area contributed by atoms with E-state index in [1.54, 1.807) is 19.4 Å². The van der Waals surface area contributed by atoms with Gasteiger partial charge in [-0.15, -0.1) is 0 Å². The van der Waals surface area contributed by atoms with E-state index in [2.05, 4.69) is 9.97 Å². The average Bonchev–Trinajstić information content (AvgIpc) is 2.34. The van der Waals surface area contributed by atoms with Crippen molar-refractivity contribution in [2.45, 2.75) is 32.7 Å². The molecule has 0 spiro atoms. The monoisotopic (exact) mass is 253 g/mol. The van der Waals surface area contributed by atoms with Gasteiger partial charge in [0.1, 0.15) is 0 Å². The summed E-state index contributed by atoms with van der Waals surface area (Å²) in [5.41, 5.74) is 0. The number of anilines is 1. The zero-order valence-electron chi connectivity index (χ0n) is 11.0. The molecule has 1 aromatic heterocycles. The molecule has 6 nitrogen and oxygen atoms in total. The molecule has 1 heterocycles. The van der Waals surface area contributed by atoms with Gasteiger partial charge in [0.15, 0.2) is 0 Å². The first-order valence-electron chi connectivity index (χ1n) is 5.90. The van der Waals surface area contributed by atoms with Crippen molar-refractivity contribution in [3.05, 3.63) is 12.3 Å². The highest BCUT2D eigenvalue weighted by Crippen LogP contribution is 2.15. The molecule has 0 fully saturated rings. The first kappa shape index (κ1) is 14.2. The lowest BCUT2D eigenvalue weighted by Crippen LogP contribution is -2.33. The van der Waals surface area contributed by atoms with Crippen molar-refractivity contribution >= 4 is 11.9 Å². The molecule has 0 bridgehead atoms. The maximum Gasteiger partial charge on any atom is 0.303 e. The van der Waals surface area contributed by atoms with Gasteiger partial charge >= 0.3 is 5.97 Å². The normalized spacial score (nSPS) is 10.4. The van der Waals surface area contributed by atoms with Crippen molar-refractivity contribution in [2.24, 2.45) is 0 Å². The molecule has 0 aliphatic heterocycles. The summed E-state index contributed by atoms with van der Waals surface area (Å²) >= 11 is 0. The Labute approximate surface area is 107 Å². The Balaban J connectivity index is 2.73. The SMILES string of the molecule is COc1ccnc(N(CCCC(=O)O)C(C)C)n1. The molecule has 0 radical (unpaired) electrons. The van der Waals surface area contributed by atoms with Gasteiger partial charge in [-0.2, -0.15) is 4.98 Å². The Morgan fingerprint density at radius 2 is 2.28 bits per heavy atom. The number of carboxylic acids is 1. The minimum atomic E-state index is -0.787. The predicted octanol–water partition coefficient (Wildman–Crippen LogP) is 1.56. The second-order valence-corrected chi connectivity index (χ2v) is 4.18. The van der Waals surface area contributed by atoms with Crippen LogP contribution in [-0.4, -0.2) is 40.7 Å². The minimum absolute atomic E-state index is 0.146. The molecule has 0 unspecified atom stereocenters. The second kappa shape index (κ2) is 6.78. The number of rotatable bonds is 7. The van der Waals surface area contributed by atoms with Gasteiger partial charge in [0.05, 0.1) is 7.11 Å². The van der Waals surface area contributed by atoms with Crippen LogP contribution < -0.4 is 9.64 Å². The lowest BCUT2D eigenvalue weighted by Gasteiger charge is -2.26. The van der Waals surface area contributed by atoms with E-state index in [0.717, 1.165) is 0 Å². The summed E-state index contributed by atoms with van der Waals surface area (Å²) in [5.74, 6) is 0.281. The van der Waals surface area contributed by atoms with E-state index in [1.807, 2.05) is 18.7 Å². The van der Waals surface area contributed by atoms with Crippen LogP contribution in [0.4, 0.5) is 5.95 Å². The molecule has 0 saturated carbocycles. The van der Waals surface area contributed by atoms with Crippen LogP contribution in [0.2, 0.25) is 0 Å². The van der Waals surface area contributed by atoms with Gasteiger partial charge in [-0.3, -0.25) is 4.79 Å². The topological polar surface area (TPSA) is 75.5 Å². The smallest absolute Gasteiger partial charge is 0.303 e. The summed E-state index contributed by atoms with van der Waals surface area (Å²) in [7, 11) is 1.55. The summed E-state index contributed by atoms with van der Waals surface area (Å²) in [6.07, 6.45) is 2.34. The highest BCUT2D eigenvalue weighted by atomic mass is 16.5. The second-order valence-electron chi connectivity index (χ2n) is 4.18. The molecular weight excluding hydrogens is 234 g/mol. The van der Waals surface area contributed by atoms with Crippen LogP contribution in [0, 0.1) is 0 Å². The number of aliphatic carboxylic acids is 1. The zero-order valence-corrected chi connectivity index (χ0v) is 11.0. The fourth-order valence-corrected chi connectivity index (χ4v) is 1.57. The van der Waals surface area contributed by atoms with Crippen LogP contribution in [-0.2, 0) is 4.79 Å². The maximum atomic E-state index is 10.5. The molecular formula is C12H19N3O3.